The fourth-order valence-corrected chi connectivity index (χ4v) is 3.43. The van der Waals surface area contributed by atoms with Crippen molar-refractivity contribution in [3.05, 3.63) is 29.0 Å². The number of nitrogens with zero attached hydrogens (tertiary/aromatic N) is 1. The highest BCUT2D eigenvalue weighted by Crippen LogP contribution is 2.12. The minimum atomic E-state index is -3.36. The van der Waals surface area contributed by atoms with E-state index in [0.29, 0.717) is 36.9 Å². The van der Waals surface area contributed by atoms with Crippen molar-refractivity contribution >= 4 is 21.6 Å². The number of hydrogen-bond acceptors (Lipinski definition) is 5. The van der Waals surface area contributed by atoms with Crippen LogP contribution in [0.25, 0.3) is 0 Å². The topological polar surface area (TPSA) is 77.5 Å². The van der Waals surface area contributed by atoms with Crippen molar-refractivity contribution in [2.45, 2.75) is 31.1 Å². The lowest BCUT2D eigenvalue weighted by Crippen LogP contribution is -2.27. The van der Waals surface area contributed by atoms with Gasteiger partial charge in [0, 0.05) is 26.0 Å². The summed E-state index contributed by atoms with van der Waals surface area (Å²) in [6, 6.07) is 3.23. The molecule has 1 aliphatic rings. The lowest BCUT2D eigenvalue weighted by atomic mass is 10.2. The Balaban J connectivity index is 1.59. The Morgan fingerprint density at radius 1 is 1.45 bits per heavy atom. The second kappa shape index (κ2) is 8.79. The predicted octanol–water partition coefficient (Wildman–Crippen LogP) is 1.74. The van der Waals surface area contributed by atoms with Gasteiger partial charge in [0.2, 0.25) is 10.0 Å². The molecule has 8 heteroatoms. The highest BCUT2D eigenvalue weighted by atomic mass is 35.5. The van der Waals surface area contributed by atoms with E-state index < -0.39 is 10.0 Å². The molecule has 0 radical (unpaired) electrons. The first-order chi connectivity index (χ1) is 10.6. The Kier molecular flexibility index (Phi) is 7.04. The molecule has 1 aromatic rings. The third-order valence-electron chi connectivity index (χ3n) is 3.26. The maximum absolute atomic E-state index is 11.9. The van der Waals surface area contributed by atoms with E-state index in [4.69, 9.17) is 21.1 Å². The molecule has 1 aliphatic heterocycles. The van der Waals surface area contributed by atoms with Crippen LogP contribution in [0.4, 0.5) is 0 Å². The van der Waals surface area contributed by atoms with Gasteiger partial charge in [-0.25, -0.2) is 18.1 Å². The van der Waals surface area contributed by atoms with Crippen molar-refractivity contribution < 1.29 is 17.9 Å². The molecule has 0 bridgehead atoms. The molecule has 22 heavy (non-hydrogen) atoms. The van der Waals surface area contributed by atoms with E-state index in [9.17, 15) is 8.42 Å². The second-order valence-electron chi connectivity index (χ2n) is 5.21. The standard InChI is InChI=1S/C14H21ClN2O4S/c15-14-5-4-12(9-16-14)11-22(18,19)17-6-2-7-20-10-13-3-1-8-21-13/h4-5,9,13,17H,1-3,6-8,10-11H2. The summed E-state index contributed by atoms with van der Waals surface area (Å²) in [7, 11) is -3.36. The Morgan fingerprint density at radius 3 is 3.00 bits per heavy atom. The van der Waals surface area contributed by atoms with Crippen LogP contribution in [-0.4, -0.2) is 45.9 Å². The zero-order valence-corrected chi connectivity index (χ0v) is 13.9. The van der Waals surface area contributed by atoms with Crippen LogP contribution in [0.5, 0.6) is 0 Å². The molecular weight excluding hydrogens is 328 g/mol. The molecule has 0 aromatic carbocycles. The molecule has 1 aromatic heterocycles. The monoisotopic (exact) mass is 348 g/mol. The molecule has 2 rings (SSSR count). The number of pyridine rings is 1. The van der Waals surface area contributed by atoms with E-state index in [1.54, 1.807) is 12.1 Å². The summed E-state index contributed by atoms with van der Waals surface area (Å²) in [5.74, 6) is -0.103. The Bertz CT molecular complexity index is 544. The van der Waals surface area contributed by atoms with E-state index in [-0.39, 0.29) is 11.9 Å². The van der Waals surface area contributed by atoms with Gasteiger partial charge in [-0.1, -0.05) is 17.7 Å². The molecule has 6 nitrogen and oxygen atoms in total. The summed E-state index contributed by atoms with van der Waals surface area (Å²) in [5.41, 5.74) is 0.603. The van der Waals surface area contributed by atoms with Crippen molar-refractivity contribution in [1.29, 1.82) is 0 Å². The Morgan fingerprint density at radius 2 is 2.32 bits per heavy atom. The van der Waals surface area contributed by atoms with Gasteiger partial charge in [0.25, 0.3) is 0 Å². The smallest absolute Gasteiger partial charge is 0.215 e. The first kappa shape index (κ1) is 17.6. The van der Waals surface area contributed by atoms with Crippen LogP contribution in [0.15, 0.2) is 18.3 Å². The van der Waals surface area contributed by atoms with Crippen molar-refractivity contribution in [2.24, 2.45) is 0 Å². The van der Waals surface area contributed by atoms with Gasteiger partial charge in [-0.15, -0.1) is 0 Å². The molecule has 0 amide bonds. The molecule has 0 spiro atoms. The maximum atomic E-state index is 11.9. The number of hydrogen-bond donors (Lipinski definition) is 1. The van der Waals surface area contributed by atoms with Gasteiger partial charge < -0.3 is 9.47 Å². The highest BCUT2D eigenvalue weighted by Gasteiger charge is 2.15. The molecule has 1 fully saturated rings. The molecule has 2 heterocycles. The summed E-state index contributed by atoms with van der Waals surface area (Å²) in [6.07, 6.45) is 4.43. The van der Waals surface area contributed by atoms with Crippen LogP contribution in [-0.2, 0) is 25.2 Å². The van der Waals surface area contributed by atoms with E-state index in [0.717, 1.165) is 19.4 Å². The highest BCUT2D eigenvalue weighted by molar-refractivity contribution is 7.88. The number of sulfonamides is 1. The molecule has 1 saturated heterocycles. The lowest BCUT2D eigenvalue weighted by Gasteiger charge is -2.10. The quantitative estimate of drug-likeness (QED) is 0.543. The molecule has 0 saturated carbocycles. The van der Waals surface area contributed by atoms with E-state index in [1.807, 2.05) is 0 Å². The number of rotatable bonds is 9. The average molecular weight is 349 g/mol. The van der Waals surface area contributed by atoms with Crippen LogP contribution in [0.1, 0.15) is 24.8 Å². The van der Waals surface area contributed by atoms with Gasteiger partial charge in [-0.2, -0.15) is 0 Å². The van der Waals surface area contributed by atoms with E-state index >= 15 is 0 Å². The first-order valence-corrected chi connectivity index (χ1v) is 9.35. The van der Waals surface area contributed by atoms with Crippen molar-refractivity contribution in [1.82, 2.24) is 9.71 Å². The van der Waals surface area contributed by atoms with Crippen molar-refractivity contribution in [3.63, 3.8) is 0 Å². The van der Waals surface area contributed by atoms with Crippen LogP contribution in [0.3, 0.4) is 0 Å². The Labute approximate surface area is 136 Å². The fourth-order valence-electron chi connectivity index (χ4n) is 2.15. The fraction of sp³-hybridized carbons (Fsp3) is 0.643. The minimum absolute atomic E-state index is 0.103. The van der Waals surface area contributed by atoms with Gasteiger partial charge in [0.1, 0.15) is 5.15 Å². The molecule has 124 valence electrons. The third kappa shape index (κ3) is 6.58. The van der Waals surface area contributed by atoms with Crippen molar-refractivity contribution in [3.8, 4) is 0 Å². The molecule has 1 atom stereocenters. The largest absolute Gasteiger partial charge is 0.379 e. The summed E-state index contributed by atoms with van der Waals surface area (Å²) in [5, 5.41) is 0.345. The third-order valence-corrected chi connectivity index (χ3v) is 4.84. The zero-order valence-electron chi connectivity index (χ0n) is 12.3. The minimum Gasteiger partial charge on any atom is -0.379 e. The number of aromatic nitrogens is 1. The summed E-state index contributed by atoms with van der Waals surface area (Å²) < 4.78 is 37.3. The molecule has 1 unspecified atom stereocenters. The maximum Gasteiger partial charge on any atom is 0.215 e. The normalized spacial score (nSPS) is 18.7. The predicted molar refractivity (Wildman–Crippen MR) is 84.3 cm³/mol. The average Bonchev–Trinajstić information content (AvgIpc) is 2.98. The van der Waals surface area contributed by atoms with Crippen LogP contribution >= 0.6 is 11.6 Å². The second-order valence-corrected chi connectivity index (χ2v) is 7.40. The van der Waals surface area contributed by atoms with Crippen LogP contribution in [0, 0.1) is 0 Å². The lowest BCUT2D eigenvalue weighted by molar-refractivity contribution is 0.0169. The summed E-state index contributed by atoms with van der Waals surface area (Å²) in [4.78, 5) is 3.86. The van der Waals surface area contributed by atoms with Crippen molar-refractivity contribution in [2.75, 3.05) is 26.4 Å². The van der Waals surface area contributed by atoms with Gasteiger partial charge in [-0.3, -0.25) is 0 Å². The molecule has 1 N–H and O–H groups in total. The van der Waals surface area contributed by atoms with Crippen LogP contribution in [0.2, 0.25) is 5.15 Å². The number of ether oxygens (including phenoxy) is 2. The number of nitrogens with one attached hydrogen (secondary N) is 1. The van der Waals surface area contributed by atoms with Crippen LogP contribution < -0.4 is 4.72 Å². The molecular formula is C14H21ClN2O4S. The summed E-state index contributed by atoms with van der Waals surface area (Å²) >= 11 is 5.66. The SMILES string of the molecule is O=S(=O)(Cc1ccc(Cl)nc1)NCCCOCC1CCCO1. The van der Waals surface area contributed by atoms with Gasteiger partial charge >= 0.3 is 0 Å². The van der Waals surface area contributed by atoms with Gasteiger partial charge in [-0.05, 0) is 30.9 Å². The number of halogens is 1. The van der Waals surface area contributed by atoms with Gasteiger partial charge in [0.15, 0.2) is 0 Å². The van der Waals surface area contributed by atoms with Gasteiger partial charge in [0.05, 0.1) is 18.5 Å². The Hall–Kier alpha value is -0.730. The molecule has 0 aliphatic carbocycles. The summed E-state index contributed by atoms with van der Waals surface area (Å²) in [6.45, 7) is 2.27. The van der Waals surface area contributed by atoms with E-state index in [1.165, 1.54) is 6.20 Å². The zero-order chi connectivity index (χ0) is 15.8. The first-order valence-electron chi connectivity index (χ1n) is 7.32. The van der Waals surface area contributed by atoms with E-state index in [2.05, 4.69) is 9.71 Å².